The van der Waals surface area contributed by atoms with Gasteiger partial charge in [0.15, 0.2) is 0 Å². The van der Waals surface area contributed by atoms with Gasteiger partial charge in [-0.2, -0.15) is 0 Å². The van der Waals surface area contributed by atoms with Gasteiger partial charge in [0.05, 0.1) is 0 Å². The van der Waals surface area contributed by atoms with Crippen molar-refractivity contribution >= 4 is 61.9 Å². The third-order valence-electron chi connectivity index (χ3n) is 12.0. The maximum absolute atomic E-state index is 14.8. The fraction of sp³-hybridized carbons (Fsp3) is 0.314. The molecule has 12 heteroatoms. The van der Waals surface area contributed by atoms with Crippen LogP contribution in [0.15, 0.2) is 127 Å². The molecule has 1 heterocycles. The molecule has 0 saturated carbocycles. The van der Waals surface area contributed by atoms with Gasteiger partial charge in [-0.15, -0.1) is 0 Å². The Kier molecular flexibility index (Phi) is 15.1. The standard InChI is InChI=1S/C51H57N7O5.4H2/c52-25-8-7-18-43(47(53)59)55-51(63)46(32-41-16-9-15-37-12-5-6-17-42(37)41)58-50(62)45(31-34-20-22-36-11-2-4-14-40(36)29-34)57-49(61)44(56-48(60)38-23-26-54-27-24-38)30-33-19-21-35-10-1-3-13-39(35)28-33;;;;/h1-6,9-17,19-22,28-29,38,43-46,54H,7-8,18,23-27,30-32,52H2,(H2,53,59)(H,55,63)(H,56,60)(H,57,61)(H,58,62);4*1H/t43?,44?,45-,46+;;;;/m1..../s1. The van der Waals surface area contributed by atoms with Crippen molar-refractivity contribution in [1.82, 2.24) is 26.6 Å². The quantitative estimate of drug-likeness (QED) is 0.0507. The van der Waals surface area contributed by atoms with E-state index in [4.69, 9.17) is 11.5 Å². The zero-order valence-electron chi connectivity index (χ0n) is 35.5. The number of fused-ring (bicyclic) bond motifs is 3. The molecule has 1 aliphatic rings. The topological polar surface area (TPSA) is 198 Å². The summed E-state index contributed by atoms with van der Waals surface area (Å²) in [7, 11) is 0. The van der Waals surface area contributed by atoms with Crippen LogP contribution in [-0.4, -0.2) is 73.3 Å². The summed E-state index contributed by atoms with van der Waals surface area (Å²) in [6.45, 7) is 1.83. The highest BCUT2D eigenvalue weighted by Gasteiger charge is 2.33. The van der Waals surface area contributed by atoms with Crippen LogP contribution < -0.4 is 38.1 Å². The first-order valence-corrected chi connectivity index (χ1v) is 22.0. The highest BCUT2D eigenvalue weighted by atomic mass is 16.2. The maximum atomic E-state index is 14.8. The predicted molar refractivity (Wildman–Crippen MR) is 257 cm³/mol. The average molecular weight is 856 g/mol. The minimum absolute atomic E-state index is 0. The Bertz CT molecular complexity index is 2590. The first-order valence-electron chi connectivity index (χ1n) is 22.0. The van der Waals surface area contributed by atoms with Gasteiger partial charge in [-0.1, -0.05) is 127 Å². The van der Waals surface area contributed by atoms with Gasteiger partial charge in [0, 0.05) is 30.9 Å². The van der Waals surface area contributed by atoms with E-state index in [2.05, 4.69) is 26.6 Å². The number of primary amides is 1. The molecule has 6 aromatic carbocycles. The van der Waals surface area contributed by atoms with E-state index in [9.17, 15) is 24.0 Å². The second-order valence-corrected chi connectivity index (χ2v) is 16.6. The van der Waals surface area contributed by atoms with Crippen molar-refractivity contribution in [2.45, 2.75) is 75.5 Å². The van der Waals surface area contributed by atoms with Gasteiger partial charge in [-0.25, -0.2) is 0 Å². The molecule has 334 valence electrons. The van der Waals surface area contributed by atoms with Crippen LogP contribution in [0.25, 0.3) is 32.3 Å². The van der Waals surface area contributed by atoms with Crippen molar-refractivity contribution in [3.8, 4) is 0 Å². The number of unbranched alkanes of at least 4 members (excludes halogenated alkanes) is 1. The number of carbonyl (C=O) groups excluding carboxylic acids is 5. The summed E-state index contributed by atoms with van der Waals surface area (Å²) < 4.78 is 0. The lowest BCUT2D eigenvalue weighted by Gasteiger charge is -2.28. The summed E-state index contributed by atoms with van der Waals surface area (Å²) in [6, 6.07) is 36.8. The Morgan fingerprint density at radius 3 is 1.62 bits per heavy atom. The minimum Gasteiger partial charge on any atom is -0.368 e. The van der Waals surface area contributed by atoms with Gasteiger partial charge in [-0.05, 0) is 101 Å². The fourth-order valence-electron chi connectivity index (χ4n) is 8.49. The highest BCUT2D eigenvalue weighted by Crippen LogP contribution is 2.22. The number of nitrogens with two attached hydrogens (primary N) is 2. The lowest BCUT2D eigenvalue weighted by Crippen LogP contribution is -2.59. The van der Waals surface area contributed by atoms with Crippen LogP contribution in [0.4, 0.5) is 0 Å². The molecule has 1 saturated heterocycles. The third kappa shape index (κ3) is 11.8. The summed E-state index contributed by atoms with van der Waals surface area (Å²) >= 11 is 0. The molecule has 2 unspecified atom stereocenters. The molecule has 1 aliphatic heterocycles. The van der Waals surface area contributed by atoms with E-state index in [0.29, 0.717) is 45.3 Å². The largest absolute Gasteiger partial charge is 0.368 e. The van der Waals surface area contributed by atoms with Crippen LogP contribution in [0.2, 0.25) is 0 Å². The number of carbonyl (C=O) groups is 5. The Morgan fingerprint density at radius 2 is 1.05 bits per heavy atom. The van der Waals surface area contributed by atoms with Crippen LogP contribution in [0.1, 0.15) is 54.5 Å². The van der Waals surface area contributed by atoms with Crippen molar-refractivity contribution in [2.24, 2.45) is 17.4 Å². The molecule has 6 aromatic rings. The van der Waals surface area contributed by atoms with Crippen LogP contribution >= 0.6 is 0 Å². The highest BCUT2D eigenvalue weighted by molar-refractivity contribution is 5.97. The Balaban J connectivity index is 0.00000298. The number of amides is 5. The predicted octanol–water partition coefficient (Wildman–Crippen LogP) is 5.71. The molecule has 0 aliphatic carbocycles. The molecule has 9 N–H and O–H groups in total. The molecular weight excluding hydrogens is 791 g/mol. The number of benzene rings is 6. The molecule has 5 amide bonds. The zero-order valence-corrected chi connectivity index (χ0v) is 35.5. The molecule has 0 bridgehead atoms. The monoisotopic (exact) mass is 856 g/mol. The van der Waals surface area contributed by atoms with Crippen LogP contribution in [-0.2, 0) is 43.2 Å². The van der Waals surface area contributed by atoms with Crippen molar-refractivity contribution in [3.05, 3.63) is 144 Å². The van der Waals surface area contributed by atoms with E-state index in [1.165, 1.54) is 0 Å². The number of hydrogen-bond donors (Lipinski definition) is 7. The second-order valence-electron chi connectivity index (χ2n) is 16.6. The van der Waals surface area contributed by atoms with Gasteiger partial charge in [0.1, 0.15) is 24.2 Å². The molecule has 4 atom stereocenters. The Hall–Kier alpha value is -6.63. The summed E-state index contributed by atoms with van der Waals surface area (Å²) in [6.07, 6.45) is 3.14. The van der Waals surface area contributed by atoms with Crippen molar-refractivity contribution < 1.29 is 29.7 Å². The molecule has 63 heavy (non-hydrogen) atoms. The van der Waals surface area contributed by atoms with Gasteiger partial charge < -0.3 is 38.1 Å². The van der Waals surface area contributed by atoms with E-state index in [-0.39, 0.29) is 43.2 Å². The minimum atomic E-state index is -1.17. The summed E-state index contributed by atoms with van der Waals surface area (Å²) in [4.78, 5) is 70.2. The van der Waals surface area contributed by atoms with Gasteiger partial charge >= 0.3 is 0 Å². The number of nitrogens with one attached hydrogen (secondary N) is 5. The van der Waals surface area contributed by atoms with E-state index in [1.807, 2.05) is 127 Å². The van der Waals surface area contributed by atoms with Crippen LogP contribution in [0.5, 0.6) is 0 Å². The van der Waals surface area contributed by atoms with E-state index < -0.39 is 47.8 Å². The zero-order chi connectivity index (χ0) is 44.1. The number of rotatable bonds is 19. The van der Waals surface area contributed by atoms with Crippen molar-refractivity contribution in [1.29, 1.82) is 0 Å². The SMILES string of the molecule is NCCCCC(NC(=O)[C@H](Cc1cccc2ccccc12)NC(=O)[C@@H](Cc1ccc2ccccc2c1)NC(=O)C(Cc1ccc2ccccc2c1)NC(=O)C1CCNCC1)C(N)=O.[HH].[HH].[HH].[HH]. The average Bonchev–Trinajstić information content (AvgIpc) is 3.30. The normalized spacial score (nSPS) is 14.9. The van der Waals surface area contributed by atoms with Crippen molar-refractivity contribution in [3.63, 3.8) is 0 Å². The maximum Gasteiger partial charge on any atom is 0.243 e. The molecule has 7 rings (SSSR count). The van der Waals surface area contributed by atoms with E-state index in [1.54, 1.807) is 0 Å². The lowest BCUT2D eigenvalue weighted by molar-refractivity contribution is -0.135. The Labute approximate surface area is 373 Å². The third-order valence-corrected chi connectivity index (χ3v) is 12.0. The Morgan fingerprint density at radius 1 is 0.556 bits per heavy atom. The first-order chi connectivity index (χ1) is 30.6. The number of hydrogen-bond acceptors (Lipinski definition) is 7. The molecule has 0 spiro atoms. The number of piperidine rings is 1. The van der Waals surface area contributed by atoms with Crippen LogP contribution in [0, 0.1) is 5.92 Å². The summed E-state index contributed by atoms with van der Waals surface area (Å²) in [5.74, 6) is -2.90. The molecular formula is C51H65N7O5. The van der Waals surface area contributed by atoms with Gasteiger partial charge in [-0.3, -0.25) is 24.0 Å². The van der Waals surface area contributed by atoms with Gasteiger partial charge in [0.2, 0.25) is 29.5 Å². The molecule has 1 fully saturated rings. The first kappa shape index (κ1) is 44.4. The van der Waals surface area contributed by atoms with E-state index in [0.717, 1.165) is 49.0 Å². The molecule has 0 aromatic heterocycles. The second kappa shape index (κ2) is 21.4. The van der Waals surface area contributed by atoms with Crippen molar-refractivity contribution in [2.75, 3.05) is 19.6 Å². The fourth-order valence-corrected chi connectivity index (χ4v) is 8.49. The molecule has 0 radical (unpaired) electrons. The van der Waals surface area contributed by atoms with Crippen LogP contribution in [0.3, 0.4) is 0 Å². The van der Waals surface area contributed by atoms with E-state index >= 15 is 0 Å². The summed E-state index contributed by atoms with van der Waals surface area (Å²) in [5, 5.41) is 21.0. The summed E-state index contributed by atoms with van der Waals surface area (Å²) in [5.41, 5.74) is 13.9. The smallest absolute Gasteiger partial charge is 0.243 e. The lowest BCUT2D eigenvalue weighted by atomic mass is 9.95. The van der Waals surface area contributed by atoms with Gasteiger partial charge in [0.25, 0.3) is 0 Å². The molecule has 12 nitrogen and oxygen atoms in total.